The highest BCUT2D eigenvalue weighted by Crippen LogP contribution is 2.47. The molecule has 0 radical (unpaired) electrons. The summed E-state index contributed by atoms with van der Waals surface area (Å²) in [6.45, 7) is -1.17. The van der Waals surface area contributed by atoms with Gasteiger partial charge < -0.3 is 15.0 Å². The zero-order chi connectivity index (χ0) is 21.8. The van der Waals surface area contributed by atoms with Crippen LogP contribution in [0.4, 0.5) is 19.0 Å². The monoisotopic (exact) mass is 457 g/mol. The molecule has 2 N–H and O–H groups in total. The van der Waals surface area contributed by atoms with Crippen molar-refractivity contribution < 1.29 is 31.5 Å². The Morgan fingerprint density at radius 3 is 2.87 bits per heavy atom. The third-order valence-corrected chi connectivity index (χ3v) is 5.67. The predicted octanol–water partition coefficient (Wildman–Crippen LogP) is 3.77. The highest BCUT2D eigenvalue weighted by atomic mass is 31.2. The molecular formula is C18H19F3N5O4P. The largest absolute Gasteiger partial charge is 0.426 e. The van der Waals surface area contributed by atoms with Gasteiger partial charge in [-0.05, 0) is 6.07 Å². The van der Waals surface area contributed by atoms with Crippen molar-refractivity contribution in [3.8, 4) is 5.75 Å². The minimum absolute atomic E-state index is 0.161. The molecule has 5 rings (SSSR count). The molecule has 31 heavy (non-hydrogen) atoms. The maximum absolute atomic E-state index is 14.6. The van der Waals surface area contributed by atoms with Crippen molar-refractivity contribution in [2.75, 3.05) is 19.3 Å². The summed E-state index contributed by atoms with van der Waals surface area (Å²) >= 11 is 0. The number of imidazole rings is 1. The van der Waals surface area contributed by atoms with Crippen LogP contribution in [0.2, 0.25) is 0 Å². The summed E-state index contributed by atoms with van der Waals surface area (Å²) in [6, 6.07) is 7.62. The van der Waals surface area contributed by atoms with Gasteiger partial charge in [0.25, 0.3) is 0 Å². The van der Waals surface area contributed by atoms with Gasteiger partial charge in [0.2, 0.25) is 6.93 Å². The molecular weight excluding hydrogens is 438 g/mol. The van der Waals surface area contributed by atoms with E-state index >= 15 is 0 Å². The molecule has 1 aromatic carbocycles. The van der Waals surface area contributed by atoms with Gasteiger partial charge in [-0.25, -0.2) is 28.1 Å². The van der Waals surface area contributed by atoms with Crippen molar-refractivity contribution in [3.05, 3.63) is 42.5 Å². The Hall–Kier alpha value is -2.53. The molecule has 0 aliphatic carbocycles. The van der Waals surface area contributed by atoms with Gasteiger partial charge >= 0.3 is 8.60 Å². The first-order valence-corrected chi connectivity index (χ1v) is 10.4. The Bertz CT molecular complexity index is 1030. The first kappa shape index (κ1) is 21.7. The van der Waals surface area contributed by atoms with Crippen LogP contribution < -0.4 is 10.3 Å². The molecule has 2 aromatic heterocycles. The number of para-hydroxylation sites is 1. The van der Waals surface area contributed by atoms with E-state index in [9.17, 15) is 13.2 Å². The van der Waals surface area contributed by atoms with Gasteiger partial charge in [-0.1, -0.05) is 18.2 Å². The fourth-order valence-electron chi connectivity index (χ4n) is 3.26. The molecule has 4 unspecified atom stereocenters. The number of aromatic nitrogens is 4. The molecule has 2 aliphatic rings. The van der Waals surface area contributed by atoms with Crippen molar-refractivity contribution in [2.24, 2.45) is 0 Å². The van der Waals surface area contributed by atoms with Crippen LogP contribution in [-0.2, 0) is 20.4 Å². The second-order valence-corrected chi connectivity index (χ2v) is 7.72. The predicted molar refractivity (Wildman–Crippen MR) is 105 cm³/mol. The van der Waals surface area contributed by atoms with Crippen molar-refractivity contribution in [1.29, 1.82) is 0 Å². The molecule has 3 aromatic rings. The quantitative estimate of drug-likeness (QED) is 0.591. The van der Waals surface area contributed by atoms with Gasteiger partial charge in [0.05, 0.1) is 25.6 Å². The summed E-state index contributed by atoms with van der Waals surface area (Å²) in [6.07, 6.45) is 0.438. The van der Waals surface area contributed by atoms with Crippen LogP contribution >= 0.6 is 8.60 Å². The van der Waals surface area contributed by atoms with E-state index in [0.29, 0.717) is 17.8 Å². The van der Waals surface area contributed by atoms with Crippen LogP contribution in [0.3, 0.4) is 0 Å². The maximum atomic E-state index is 14.6. The SMILES string of the molecule is FCF.Nc1ncnc2c1ncn2C1OC(COP2OCc3ccccc3O2)CC1F. The Labute approximate surface area is 176 Å². The number of nitrogen functional groups attached to an aromatic ring is 1. The molecule has 1 fully saturated rings. The van der Waals surface area contributed by atoms with Gasteiger partial charge in [-0.3, -0.25) is 13.6 Å². The highest BCUT2D eigenvalue weighted by Gasteiger charge is 2.39. The molecule has 4 heterocycles. The third kappa shape index (κ3) is 4.72. The Kier molecular flexibility index (Phi) is 6.81. The van der Waals surface area contributed by atoms with E-state index in [1.807, 2.05) is 24.3 Å². The lowest BCUT2D eigenvalue weighted by Crippen LogP contribution is -2.18. The number of nitrogens with zero attached hydrogens (tertiary/aromatic N) is 4. The number of anilines is 1. The van der Waals surface area contributed by atoms with Gasteiger partial charge in [0, 0.05) is 12.0 Å². The van der Waals surface area contributed by atoms with Crippen LogP contribution in [0.5, 0.6) is 5.75 Å². The van der Waals surface area contributed by atoms with Crippen LogP contribution in [0.15, 0.2) is 36.9 Å². The maximum Gasteiger partial charge on any atom is 0.397 e. The molecule has 1 saturated heterocycles. The van der Waals surface area contributed by atoms with Crippen LogP contribution in [-0.4, -0.2) is 45.3 Å². The van der Waals surface area contributed by atoms with Crippen molar-refractivity contribution in [3.63, 3.8) is 0 Å². The van der Waals surface area contributed by atoms with E-state index in [-0.39, 0.29) is 18.8 Å². The number of halogens is 3. The van der Waals surface area contributed by atoms with Crippen molar-refractivity contribution >= 4 is 25.6 Å². The smallest absolute Gasteiger partial charge is 0.397 e. The molecule has 0 spiro atoms. The summed E-state index contributed by atoms with van der Waals surface area (Å²) in [5.74, 6) is 0.988. The molecule has 4 atom stereocenters. The first-order chi connectivity index (χ1) is 15.1. The highest BCUT2D eigenvalue weighted by molar-refractivity contribution is 7.42. The Balaban J connectivity index is 0.000000730. The van der Waals surface area contributed by atoms with Crippen molar-refractivity contribution in [1.82, 2.24) is 19.5 Å². The molecule has 166 valence electrons. The first-order valence-electron chi connectivity index (χ1n) is 9.27. The molecule has 0 saturated carbocycles. The molecule has 9 nitrogen and oxygen atoms in total. The second-order valence-electron chi connectivity index (χ2n) is 6.58. The summed E-state index contributed by atoms with van der Waals surface area (Å²) in [5, 5.41) is 0. The number of rotatable bonds is 4. The lowest BCUT2D eigenvalue weighted by atomic mass is 10.2. The fraction of sp³-hybridized carbons (Fsp3) is 0.389. The van der Waals surface area contributed by atoms with E-state index < -0.39 is 34.0 Å². The van der Waals surface area contributed by atoms with Crippen LogP contribution in [0.1, 0.15) is 18.2 Å². The van der Waals surface area contributed by atoms with Crippen molar-refractivity contribution in [2.45, 2.75) is 31.5 Å². The summed E-state index contributed by atoms with van der Waals surface area (Å²) in [4.78, 5) is 12.2. The average molecular weight is 457 g/mol. The minimum atomic E-state index is -1.75. The number of nitrogens with two attached hydrogens (primary N) is 1. The Morgan fingerprint density at radius 2 is 2.03 bits per heavy atom. The van der Waals surface area contributed by atoms with Crippen LogP contribution in [0, 0.1) is 0 Å². The van der Waals surface area contributed by atoms with Gasteiger partial charge in [0.1, 0.15) is 23.8 Å². The number of hydrogen-bond donors (Lipinski definition) is 1. The van der Waals surface area contributed by atoms with E-state index in [4.69, 9.17) is 24.0 Å². The molecule has 0 bridgehead atoms. The van der Waals surface area contributed by atoms with E-state index in [0.717, 1.165) is 11.3 Å². The van der Waals surface area contributed by atoms with Gasteiger partial charge in [-0.2, -0.15) is 0 Å². The Morgan fingerprint density at radius 1 is 1.23 bits per heavy atom. The van der Waals surface area contributed by atoms with E-state index in [1.165, 1.54) is 17.2 Å². The standard InChI is InChI=1S/C17H17FN5O4P.CH2F2/c18-12-5-11(7-25-28-24-6-10-3-1-2-4-13(10)27-28)26-17(12)23-9-22-14-15(19)20-8-21-16(14)23;2-1-3/h1-4,8-9,11-12,17H,5-7H2,(H2,19,20,21);1H2. The number of hydrogen-bond acceptors (Lipinski definition) is 8. The van der Waals surface area contributed by atoms with E-state index in [1.54, 1.807) is 0 Å². The fourth-order valence-corrected chi connectivity index (χ4v) is 4.31. The lowest BCUT2D eigenvalue weighted by Gasteiger charge is -2.24. The average Bonchev–Trinajstić information content (AvgIpc) is 3.36. The normalized spacial score (nSPS) is 24.9. The van der Waals surface area contributed by atoms with Crippen LogP contribution in [0.25, 0.3) is 11.2 Å². The van der Waals surface area contributed by atoms with Gasteiger partial charge in [-0.15, -0.1) is 0 Å². The summed E-state index contributed by atoms with van der Waals surface area (Å²) < 4.78 is 58.3. The number of ether oxygens (including phenoxy) is 1. The third-order valence-electron chi connectivity index (χ3n) is 4.63. The molecule has 13 heteroatoms. The topological polar surface area (TPSA) is 107 Å². The second kappa shape index (κ2) is 9.73. The lowest BCUT2D eigenvalue weighted by molar-refractivity contribution is -0.0335. The molecule has 0 amide bonds. The zero-order valence-corrected chi connectivity index (χ0v) is 17.0. The number of fused-ring (bicyclic) bond motifs is 2. The molecule has 2 aliphatic heterocycles. The minimum Gasteiger partial charge on any atom is -0.426 e. The summed E-state index contributed by atoms with van der Waals surface area (Å²) in [7, 11) is -1.54. The zero-order valence-electron chi connectivity index (χ0n) is 16.1. The summed E-state index contributed by atoms with van der Waals surface area (Å²) in [5.41, 5.74) is 7.61. The van der Waals surface area contributed by atoms with E-state index in [2.05, 4.69) is 15.0 Å². The number of alkyl halides is 3. The van der Waals surface area contributed by atoms with Gasteiger partial charge in [0.15, 0.2) is 17.7 Å². The number of benzene rings is 1.